The van der Waals surface area contributed by atoms with Crippen LogP contribution in [0.3, 0.4) is 0 Å². The van der Waals surface area contributed by atoms with Crippen molar-refractivity contribution in [2.75, 3.05) is 14.2 Å². The molecule has 7 heteroatoms. The van der Waals surface area contributed by atoms with Gasteiger partial charge >= 0.3 is 5.97 Å². The normalized spacial score (nSPS) is 11.5. The zero-order valence-electron chi connectivity index (χ0n) is 10.2. The van der Waals surface area contributed by atoms with E-state index in [4.69, 9.17) is 9.47 Å². The van der Waals surface area contributed by atoms with Crippen LogP contribution in [0.1, 0.15) is 6.92 Å². The summed E-state index contributed by atoms with van der Waals surface area (Å²) in [5.74, 6) is -0.128. The summed E-state index contributed by atoms with van der Waals surface area (Å²) < 4.78 is 14.8. The van der Waals surface area contributed by atoms with Gasteiger partial charge in [0.15, 0.2) is 17.6 Å². The second-order valence-corrected chi connectivity index (χ2v) is 3.38. The van der Waals surface area contributed by atoms with Gasteiger partial charge in [0.2, 0.25) is 0 Å². The van der Waals surface area contributed by atoms with Gasteiger partial charge in [0.1, 0.15) is 0 Å². The van der Waals surface area contributed by atoms with E-state index in [0.29, 0.717) is 0 Å². The first kappa shape index (κ1) is 13.8. The fourth-order valence-electron chi connectivity index (χ4n) is 1.27. The van der Waals surface area contributed by atoms with Gasteiger partial charge in [-0.1, -0.05) is 0 Å². The third-order valence-corrected chi connectivity index (χ3v) is 2.19. The Morgan fingerprint density at radius 2 is 2.00 bits per heavy atom. The number of esters is 1. The minimum atomic E-state index is -0.828. The predicted octanol–water partition coefficient (Wildman–Crippen LogP) is 1.54. The quantitative estimate of drug-likeness (QED) is 0.450. The predicted molar refractivity (Wildman–Crippen MR) is 61.8 cm³/mol. The maximum atomic E-state index is 11.2. The van der Waals surface area contributed by atoms with Crippen LogP contribution >= 0.6 is 0 Å². The number of ether oxygens (including phenoxy) is 3. The third kappa shape index (κ3) is 3.09. The van der Waals surface area contributed by atoms with Crippen molar-refractivity contribution in [3.05, 3.63) is 28.3 Å². The van der Waals surface area contributed by atoms with Crippen LogP contribution in [0, 0.1) is 10.1 Å². The summed E-state index contributed by atoms with van der Waals surface area (Å²) in [6.45, 7) is 1.51. The first-order chi connectivity index (χ1) is 8.49. The van der Waals surface area contributed by atoms with E-state index < -0.39 is 17.0 Å². The van der Waals surface area contributed by atoms with Crippen molar-refractivity contribution < 1.29 is 23.9 Å². The largest absolute Gasteiger partial charge is 0.493 e. The molecular formula is C11H13NO6. The van der Waals surface area contributed by atoms with Gasteiger partial charge in [-0.25, -0.2) is 4.79 Å². The molecule has 0 saturated carbocycles. The highest BCUT2D eigenvalue weighted by molar-refractivity contribution is 5.74. The summed E-state index contributed by atoms with van der Waals surface area (Å²) in [5, 5.41) is 10.6. The van der Waals surface area contributed by atoms with Crippen molar-refractivity contribution in [2.45, 2.75) is 13.0 Å². The van der Waals surface area contributed by atoms with Crippen molar-refractivity contribution in [2.24, 2.45) is 0 Å². The fourth-order valence-corrected chi connectivity index (χ4v) is 1.27. The van der Waals surface area contributed by atoms with Crippen molar-refractivity contribution in [3.8, 4) is 11.5 Å². The topological polar surface area (TPSA) is 87.9 Å². The molecule has 0 aromatic heterocycles. The zero-order valence-corrected chi connectivity index (χ0v) is 10.2. The molecule has 0 amide bonds. The average Bonchev–Trinajstić information content (AvgIpc) is 2.37. The van der Waals surface area contributed by atoms with E-state index >= 15 is 0 Å². The Bertz CT molecular complexity index is 459. The number of nitrogens with zero attached hydrogens (tertiary/aromatic N) is 1. The van der Waals surface area contributed by atoms with Gasteiger partial charge in [-0.2, -0.15) is 0 Å². The summed E-state index contributed by atoms with van der Waals surface area (Å²) in [6.07, 6.45) is -0.828. The second kappa shape index (κ2) is 5.85. The standard InChI is InChI=1S/C11H13NO6/c1-7(11(13)17-3)18-9-5-4-8(12(14)15)6-10(9)16-2/h4-7H,1-3H3. The van der Waals surface area contributed by atoms with E-state index in [1.54, 1.807) is 0 Å². The Labute approximate surface area is 103 Å². The van der Waals surface area contributed by atoms with Gasteiger partial charge in [-0.05, 0) is 13.0 Å². The summed E-state index contributed by atoms with van der Waals surface area (Å²) in [6, 6.07) is 3.86. The lowest BCUT2D eigenvalue weighted by molar-refractivity contribution is -0.385. The van der Waals surface area contributed by atoms with Crippen LogP contribution in [-0.2, 0) is 9.53 Å². The number of non-ortho nitro benzene ring substituents is 1. The van der Waals surface area contributed by atoms with Gasteiger partial charge in [-0.15, -0.1) is 0 Å². The molecule has 7 nitrogen and oxygen atoms in total. The van der Waals surface area contributed by atoms with Gasteiger partial charge in [0.05, 0.1) is 25.2 Å². The Morgan fingerprint density at radius 3 is 2.50 bits per heavy atom. The van der Waals surface area contributed by atoms with Gasteiger partial charge in [0, 0.05) is 6.07 Å². The molecule has 0 heterocycles. The number of nitro benzene ring substituents is 1. The number of hydrogen-bond acceptors (Lipinski definition) is 6. The first-order valence-corrected chi connectivity index (χ1v) is 5.06. The van der Waals surface area contributed by atoms with Gasteiger partial charge in [0.25, 0.3) is 5.69 Å². The number of carbonyl (C=O) groups is 1. The van der Waals surface area contributed by atoms with Crippen molar-refractivity contribution in [1.82, 2.24) is 0 Å². The lowest BCUT2D eigenvalue weighted by atomic mass is 10.2. The lowest BCUT2D eigenvalue weighted by Crippen LogP contribution is -2.25. The minimum absolute atomic E-state index is 0.120. The molecule has 1 rings (SSSR count). The van der Waals surface area contributed by atoms with E-state index in [-0.39, 0.29) is 17.2 Å². The minimum Gasteiger partial charge on any atom is -0.493 e. The molecule has 98 valence electrons. The zero-order chi connectivity index (χ0) is 13.7. The Kier molecular flexibility index (Phi) is 4.47. The van der Waals surface area contributed by atoms with Crippen LogP contribution in [0.4, 0.5) is 5.69 Å². The molecule has 1 atom stereocenters. The van der Waals surface area contributed by atoms with Crippen LogP contribution in [0.2, 0.25) is 0 Å². The maximum Gasteiger partial charge on any atom is 0.346 e. The molecule has 1 aromatic carbocycles. The molecule has 1 unspecified atom stereocenters. The Hall–Kier alpha value is -2.31. The number of rotatable bonds is 5. The number of benzene rings is 1. The van der Waals surface area contributed by atoms with Crippen LogP contribution in [0.25, 0.3) is 0 Å². The highest BCUT2D eigenvalue weighted by Crippen LogP contribution is 2.31. The van der Waals surface area contributed by atoms with Gasteiger partial charge in [-0.3, -0.25) is 10.1 Å². The number of carbonyl (C=O) groups excluding carboxylic acids is 1. The average molecular weight is 255 g/mol. The van der Waals surface area contributed by atoms with Crippen molar-refractivity contribution in [1.29, 1.82) is 0 Å². The van der Waals surface area contributed by atoms with E-state index in [9.17, 15) is 14.9 Å². The summed E-state index contributed by atoms with van der Waals surface area (Å²) >= 11 is 0. The molecule has 0 N–H and O–H groups in total. The van der Waals surface area contributed by atoms with E-state index in [1.807, 2.05) is 0 Å². The molecule has 0 bridgehead atoms. The molecule has 0 spiro atoms. The SMILES string of the molecule is COC(=O)C(C)Oc1ccc([N+](=O)[O-])cc1OC. The summed E-state index contributed by atoms with van der Waals surface area (Å²) in [5.41, 5.74) is -0.120. The summed E-state index contributed by atoms with van der Waals surface area (Å²) in [7, 11) is 2.60. The Morgan fingerprint density at radius 1 is 1.33 bits per heavy atom. The van der Waals surface area contributed by atoms with E-state index in [2.05, 4.69) is 4.74 Å². The molecular weight excluding hydrogens is 242 g/mol. The maximum absolute atomic E-state index is 11.2. The molecule has 0 radical (unpaired) electrons. The van der Waals surface area contributed by atoms with Gasteiger partial charge < -0.3 is 14.2 Å². The van der Waals surface area contributed by atoms with Crippen molar-refractivity contribution >= 4 is 11.7 Å². The molecule has 1 aromatic rings. The van der Waals surface area contributed by atoms with Crippen LogP contribution in [0.15, 0.2) is 18.2 Å². The number of hydrogen-bond donors (Lipinski definition) is 0. The lowest BCUT2D eigenvalue weighted by Gasteiger charge is -2.14. The van der Waals surface area contributed by atoms with Crippen molar-refractivity contribution in [3.63, 3.8) is 0 Å². The summed E-state index contributed by atoms with van der Waals surface area (Å²) in [4.78, 5) is 21.2. The van der Waals surface area contributed by atoms with Crippen LogP contribution in [-0.4, -0.2) is 31.2 Å². The highest BCUT2D eigenvalue weighted by Gasteiger charge is 2.19. The smallest absolute Gasteiger partial charge is 0.346 e. The highest BCUT2D eigenvalue weighted by atomic mass is 16.6. The molecule has 0 fully saturated rings. The monoisotopic (exact) mass is 255 g/mol. The second-order valence-electron chi connectivity index (χ2n) is 3.38. The molecule has 0 aliphatic heterocycles. The molecule has 18 heavy (non-hydrogen) atoms. The van der Waals surface area contributed by atoms with E-state index in [1.165, 1.54) is 39.3 Å². The van der Waals surface area contributed by atoms with Crippen LogP contribution < -0.4 is 9.47 Å². The number of methoxy groups -OCH3 is 2. The molecule has 0 aliphatic carbocycles. The van der Waals surface area contributed by atoms with Crippen LogP contribution in [0.5, 0.6) is 11.5 Å². The fraction of sp³-hybridized carbons (Fsp3) is 0.364. The van der Waals surface area contributed by atoms with E-state index in [0.717, 1.165) is 0 Å². The molecule has 0 aliphatic rings. The number of nitro groups is 1. The Balaban J connectivity index is 2.96. The molecule has 0 saturated heterocycles. The first-order valence-electron chi connectivity index (χ1n) is 5.06. The third-order valence-electron chi connectivity index (χ3n) is 2.19.